The fraction of sp³-hybridized carbons (Fsp3) is 0.400. The maximum absolute atomic E-state index is 6.18. The van der Waals surface area contributed by atoms with Crippen molar-refractivity contribution < 1.29 is 0 Å². The van der Waals surface area contributed by atoms with Crippen molar-refractivity contribution in [2.24, 2.45) is 7.05 Å². The number of nitrogens with zero attached hydrogens (tertiary/aromatic N) is 2. The number of nitrogens with one attached hydrogen (secondary N) is 1. The van der Waals surface area contributed by atoms with E-state index in [9.17, 15) is 0 Å². The highest BCUT2D eigenvalue weighted by Crippen LogP contribution is 2.27. The molecule has 0 saturated carbocycles. The summed E-state index contributed by atoms with van der Waals surface area (Å²) in [5.74, 6) is 1.01. The summed E-state index contributed by atoms with van der Waals surface area (Å²) in [5, 5.41) is 8.41. The zero-order valence-corrected chi connectivity index (χ0v) is 13.4. The molecule has 108 valence electrons. The molecule has 20 heavy (non-hydrogen) atoms. The van der Waals surface area contributed by atoms with Crippen LogP contribution >= 0.6 is 23.4 Å². The first kappa shape index (κ1) is 15.4. The van der Waals surface area contributed by atoms with Gasteiger partial charge in [-0.05, 0) is 38.1 Å². The second kappa shape index (κ2) is 7.72. The predicted molar refractivity (Wildman–Crippen MR) is 86.6 cm³/mol. The van der Waals surface area contributed by atoms with E-state index in [-0.39, 0.29) is 0 Å². The van der Waals surface area contributed by atoms with Crippen LogP contribution in [-0.2, 0) is 13.5 Å². The van der Waals surface area contributed by atoms with E-state index >= 15 is 0 Å². The minimum absolute atomic E-state index is 0.464. The molecule has 0 amide bonds. The van der Waals surface area contributed by atoms with Gasteiger partial charge in [-0.2, -0.15) is 5.10 Å². The first-order chi connectivity index (χ1) is 9.70. The zero-order valence-electron chi connectivity index (χ0n) is 11.8. The third-order valence-corrected chi connectivity index (χ3v) is 5.03. The molecule has 0 saturated heterocycles. The summed E-state index contributed by atoms with van der Waals surface area (Å²) in [5.41, 5.74) is 1.27. The van der Waals surface area contributed by atoms with E-state index < -0.39 is 0 Å². The molecule has 1 atom stereocenters. The standard InChI is InChI=1S/C15H20ClN3S/c1-17-12(7-8-13-9-10-18-19(13)2)11-20-15-6-4-3-5-14(15)16/h3-6,9-10,12,17H,7-8,11H2,1-2H3. The highest BCUT2D eigenvalue weighted by Gasteiger charge is 2.10. The average molecular weight is 310 g/mol. The van der Waals surface area contributed by atoms with Crippen LogP contribution in [0.5, 0.6) is 0 Å². The quantitative estimate of drug-likeness (QED) is 0.795. The SMILES string of the molecule is CNC(CCc1ccnn1C)CSc1ccccc1Cl. The van der Waals surface area contributed by atoms with Gasteiger partial charge in [-0.15, -0.1) is 11.8 Å². The second-order valence-electron chi connectivity index (χ2n) is 4.71. The van der Waals surface area contributed by atoms with Crippen molar-refractivity contribution in [2.75, 3.05) is 12.8 Å². The van der Waals surface area contributed by atoms with Crippen molar-refractivity contribution in [1.29, 1.82) is 0 Å². The van der Waals surface area contributed by atoms with Crippen molar-refractivity contribution in [2.45, 2.75) is 23.8 Å². The predicted octanol–water partition coefficient (Wildman–Crippen LogP) is 3.39. The van der Waals surface area contributed by atoms with Gasteiger partial charge in [0.15, 0.2) is 0 Å². The van der Waals surface area contributed by atoms with E-state index in [0.717, 1.165) is 28.5 Å². The molecule has 0 spiro atoms. The number of rotatable bonds is 7. The molecule has 0 aliphatic carbocycles. The molecule has 0 fully saturated rings. The Morgan fingerprint density at radius 3 is 2.80 bits per heavy atom. The van der Waals surface area contributed by atoms with E-state index in [1.807, 2.05) is 43.2 Å². The second-order valence-corrected chi connectivity index (χ2v) is 6.18. The Bertz CT molecular complexity index is 541. The number of benzene rings is 1. The molecule has 1 heterocycles. The normalized spacial score (nSPS) is 12.6. The summed E-state index contributed by atoms with van der Waals surface area (Å²) >= 11 is 7.98. The Hall–Kier alpha value is -0.970. The summed E-state index contributed by atoms with van der Waals surface area (Å²) in [7, 11) is 4.00. The topological polar surface area (TPSA) is 29.9 Å². The van der Waals surface area contributed by atoms with E-state index in [4.69, 9.17) is 11.6 Å². The molecule has 2 rings (SSSR count). The van der Waals surface area contributed by atoms with Gasteiger partial charge in [0.1, 0.15) is 0 Å². The van der Waals surface area contributed by atoms with Gasteiger partial charge in [0.05, 0.1) is 5.02 Å². The van der Waals surface area contributed by atoms with Gasteiger partial charge in [0, 0.05) is 35.6 Å². The van der Waals surface area contributed by atoms with Gasteiger partial charge in [0.2, 0.25) is 0 Å². The molecule has 0 radical (unpaired) electrons. The number of thioether (sulfide) groups is 1. The van der Waals surface area contributed by atoms with Crippen molar-refractivity contribution in [3.05, 3.63) is 47.2 Å². The largest absolute Gasteiger partial charge is 0.316 e. The molecule has 3 nitrogen and oxygen atoms in total. The zero-order chi connectivity index (χ0) is 14.4. The van der Waals surface area contributed by atoms with Crippen LogP contribution in [0, 0.1) is 0 Å². The van der Waals surface area contributed by atoms with Crippen LogP contribution in [0.4, 0.5) is 0 Å². The highest BCUT2D eigenvalue weighted by molar-refractivity contribution is 7.99. The first-order valence-electron chi connectivity index (χ1n) is 6.72. The Kier molecular flexibility index (Phi) is 5.95. The minimum atomic E-state index is 0.464. The van der Waals surface area contributed by atoms with Crippen LogP contribution in [0.25, 0.3) is 0 Å². The van der Waals surface area contributed by atoms with Crippen molar-refractivity contribution in [1.82, 2.24) is 15.1 Å². The van der Waals surface area contributed by atoms with E-state index in [1.54, 1.807) is 11.8 Å². The first-order valence-corrected chi connectivity index (χ1v) is 8.08. The Balaban J connectivity index is 1.84. The molecule has 1 unspecified atom stereocenters. The molecule has 0 bridgehead atoms. The lowest BCUT2D eigenvalue weighted by molar-refractivity contribution is 0.556. The maximum Gasteiger partial charge on any atom is 0.0541 e. The van der Waals surface area contributed by atoms with Gasteiger partial charge >= 0.3 is 0 Å². The van der Waals surface area contributed by atoms with Crippen LogP contribution < -0.4 is 5.32 Å². The van der Waals surface area contributed by atoms with Gasteiger partial charge in [-0.25, -0.2) is 0 Å². The number of hydrogen-bond acceptors (Lipinski definition) is 3. The van der Waals surface area contributed by atoms with Crippen LogP contribution in [-0.4, -0.2) is 28.6 Å². The van der Waals surface area contributed by atoms with Crippen molar-refractivity contribution in [3.8, 4) is 0 Å². The third kappa shape index (κ3) is 4.27. The smallest absolute Gasteiger partial charge is 0.0541 e. The molecule has 1 aromatic heterocycles. The average Bonchev–Trinajstić information content (AvgIpc) is 2.86. The van der Waals surface area contributed by atoms with Gasteiger partial charge in [0.25, 0.3) is 0 Å². The minimum Gasteiger partial charge on any atom is -0.316 e. The van der Waals surface area contributed by atoms with Crippen LogP contribution in [0.2, 0.25) is 5.02 Å². The Morgan fingerprint density at radius 2 is 2.15 bits per heavy atom. The Labute approximate surface area is 129 Å². The number of aromatic nitrogens is 2. The molecule has 2 aromatic rings. The van der Waals surface area contributed by atoms with E-state index in [1.165, 1.54) is 5.69 Å². The van der Waals surface area contributed by atoms with Crippen LogP contribution in [0.3, 0.4) is 0 Å². The summed E-state index contributed by atoms with van der Waals surface area (Å²) in [4.78, 5) is 1.15. The van der Waals surface area contributed by atoms with Crippen LogP contribution in [0.15, 0.2) is 41.4 Å². The fourth-order valence-electron chi connectivity index (χ4n) is 2.03. The van der Waals surface area contributed by atoms with Gasteiger partial charge in [-0.3, -0.25) is 4.68 Å². The lowest BCUT2D eigenvalue weighted by Gasteiger charge is -2.16. The van der Waals surface area contributed by atoms with Crippen LogP contribution in [0.1, 0.15) is 12.1 Å². The van der Waals surface area contributed by atoms with E-state index in [0.29, 0.717) is 6.04 Å². The molecular formula is C15H20ClN3S. The molecular weight excluding hydrogens is 290 g/mol. The van der Waals surface area contributed by atoms with Crippen molar-refractivity contribution >= 4 is 23.4 Å². The fourth-order valence-corrected chi connectivity index (χ4v) is 3.43. The van der Waals surface area contributed by atoms with Gasteiger partial charge in [-0.1, -0.05) is 23.7 Å². The molecule has 0 aliphatic rings. The monoisotopic (exact) mass is 309 g/mol. The summed E-state index contributed by atoms with van der Waals surface area (Å²) < 4.78 is 1.94. The number of aryl methyl sites for hydroxylation is 2. The van der Waals surface area contributed by atoms with Gasteiger partial charge < -0.3 is 5.32 Å². The summed E-state index contributed by atoms with van der Waals surface area (Å²) in [6.07, 6.45) is 3.97. The molecule has 1 aromatic carbocycles. The summed E-state index contributed by atoms with van der Waals surface area (Å²) in [6.45, 7) is 0. The molecule has 0 aliphatic heterocycles. The summed E-state index contributed by atoms with van der Waals surface area (Å²) in [6, 6.07) is 10.5. The lowest BCUT2D eigenvalue weighted by Crippen LogP contribution is -2.28. The van der Waals surface area contributed by atoms with E-state index in [2.05, 4.69) is 22.5 Å². The lowest BCUT2D eigenvalue weighted by atomic mass is 10.1. The third-order valence-electron chi connectivity index (χ3n) is 3.36. The molecule has 1 N–H and O–H groups in total. The molecule has 5 heteroatoms. The highest BCUT2D eigenvalue weighted by atomic mass is 35.5. The number of hydrogen-bond donors (Lipinski definition) is 1. The Morgan fingerprint density at radius 1 is 1.35 bits per heavy atom. The number of halogens is 1. The maximum atomic E-state index is 6.18. The van der Waals surface area contributed by atoms with Crippen molar-refractivity contribution in [3.63, 3.8) is 0 Å².